The Hall–Kier alpha value is -2.19. The lowest BCUT2D eigenvalue weighted by Crippen LogP contribution is -2.45. The van der Waals surface area contributed by atoms with Gasteiger partial charge in [0.25, 0.3) is 0 Å². The molecule has 3 aromatic rings. The van der Waals surface area contributed by atoms with Crippen LogP contribution in [0.2, 0.25) is 0 Å². The van der Waals surface area contributed by atoms with E-state index >= 15 is 0 Å². The van der Waals surface area contributed by atoms with Crippen LogP contribution in [0.15, 0.2) is 78.9 Å². The molecule has 0 spiro atoms. The average Bonchev–Trinajstić information content (AvgIpc) is 2.56. The highest BCUT2D eigenvalue weighted by Gasteiger charge is 2.33. The molecule has 0 bridgehead atoms. The molecule has 0 radical (unpaired) electrons. The molecule has 0 aliphatic carbocycles. The molecule has 0 saturated carbocycles. The number of hydrogen-bond donors (Lipinski definition) is 0. The van der Waals surface area contributed by atoms with Gasteiger partial charge in [-0.1, -0.05) is 60.7 Å². The zero-order valence-electron chi connectivity index (χ0n) is 11.4. The van der Waals surface area contributed by atoms with E-state index in [-0.39, 0.29) is 6.26 Å². The van der Waals surface area contributed by atoms with Gasteiger partial charge in [-0.05, 0) is 29.2 Å². The fourth-order valence-electron chi connectivity index (χ4n) is 2.98. The monoisotopic (exact) mass is 289 g/mol. The minimum Gasteiger partial charge on any atom is -0.367 e. The average molecular weight is 290 g/mol. The van der Waals surface area contributed by atoms with Crippen molar-refractivity contribution in [3.05, 3.63) is 78.9 Å². The second kappa shape index (κ2) is 4.98. The number of benzene rings is 3. The van der Waals surface area contributed by atoms with Crippen LogP contribution in [0.4, 0.5) is 11.4 Å². The number of fused-ring (bicyclic) bond motifs is 3. The van der Waals surface area contributed by atoms with Crippen molar-refractivity contribution < 1.29 is 0 Å². The van der Waals surface area contributed by atoms with Crippen molar-refractivity contribution in [1.29, 1.82) is 0 Å². The van der Waals surface area contributed by atoms with Gasteiger partial charge in [0.1, 0.15) is 0 Å². The summed E-state index contributed by atoms with van der Waals surface area (Å²) in [6, 6.07) is 27.1. The van der Waals surface area contributed by atoms with Crippen molar-refractivity contribution in [2.75, 3.05) is 4.81 Å². The van der Waals surface area contributed by atoms with E-state index < -0.39 is 0 Å². The van der Waals surface area contributed by atoms with Crippen LogP contribution < -0.4 is 10.3 Å². The molecule has 0 N–H and O–H groups in total. The highest BCUT2D eigenvalue weighted by Crippen LogP contribution is 2.39. The van der Waals surface area contributed by atoms with Gasteiger partial charge in [0, 0.05) is 16.9 Å². The van der Waals surface area contributed by atoms with Gasteiger partial charge in [0.15, 0.2) is 0 Å². The Labute approximate surface area is 129 Å². The number of para-hydroxylation sites is 2. The van der Waals surface area contributed by atoms with Crippen LogP contribution in [0.25, 0.3) is 11.1 Å². The molecular formula is C18H13BClN. The summed E-state index contributed by atoms with van der Waals surface area (Å²) in [4.78, 5) is 2.19. The van der Waals surface area contributed by atoms with E-state index in [9.17, 15) is 0 Å². The maximum absolute atomic E-state index is 6.80. The first-order valence-corrected chi connectivity index (χ1v) is 7.46. The Morgan fingerprint density at radius 1 is 0.667 bits per heavy atom. The lowest BCUT2D eigenvalue weighted by molar-refractivity contribution is 1.38. The molecule has 0 aromatic heterocycles. The van der Waals surface area contributed by atoms with Gasteiger partial charge in [0.05, 0.1) is 0 Å². The summed E-state index contributed by atoms with van der Waals surface area (Å²) < 4.78 is 0. The molecule has 1 nitrogen and oxygen atoms in total. The summed E-state index contributed by atoms with van der Waals surface area (Å²) in [5.74, 6) is 0. The first-order valence-electron chi connectivity index (χ1n) is 7.03. The third kappa shape index (κ3) is 1.95. The van der Waals surface area contributed by atoms with Gasteiger partial charge in [-0.25, -0.2) is 0 Å². The Bertz CT molecular complexity index is 788. The number of nitrogens with zero attached hydrogens (tertiary/aromatic N) is 1. The van der Waals surface area contributed by atoms with Gasteiger partial charge in [0.2, 0.25) is 0 Å². The van der Waals surface area contributed by atoms with Crippen molar-refractivity contribution in [1.82, 2.24) is 0 Å². The third-order valence-corrected chi connectivity index (χ3v) is 4.36. The van der Waals surface area contributed by atoms with Crippen LogP contribution in [-0.4, -0.2) is 6.26 Å². The van der Waals surface area contributed by atoms with Crippen LogP contribution in [0, 0.1) is 0 Å². The molecule has 21 heavy (non-hydrogen) atoms. The number of anilines is 2. The summed E-state index contributed by atoms with van der Waals surface area (Å²) >= 11 is 6.80. The largest absolute Gasteiger partial charge is 0.400 e. The maximum Gasteiger partial charge on any atom is 0.400 e. The summed E-state index contributed by atoms with van der Waals surface area (Å²) in [5.41, 5.74) is 5.87. The first-order chi connectivity index (χ1) is 10.4. The van der Waals surface area contributed by atoms with Crippen LogP contribution in [0.3, 0.4) is 0 Å². The smallest absolute Gasteiger partial charge is 0.367 e. The van der Waals surface area contributed by atoms with Crippen LogP contribution in [0.1, 0.15) is 0 Å². The van der Waals surface area contributed by atoms with Crippen LogP contribution in [-0.2, 0) is 0 Å². The van der Waals surface area contributed by atoms with Crippen molar-refractivity contribution in [3.63, 3.8) is 0 Å². The molecule has 0 fully saturated rings. The summed E-state index contributed by atoms with van der Waals surface area (Å²) in [6.07, 6.45) is -0.196. The lowest BCUT2D eigenvalue weighted by Gasteiger charge is -2.35. The fourth-order valence-corrected chi connectivity index (χ4v) is 3.39. The van der Waals surface area contributed by atoms with Gasteiger partial charge in [-0.15, -0.1) is 0 Å². The third-order valence-electron chi connectivity index (χ3n) is 3.93. The SMILES string of the molecule is ClB1c2ccccc2-c2ccccc2N1c1ccccc1. The molecule has 0 atom stereocenters. The van der Waals surface area contributed by atoms with E-state index in [0.29, 0.717) is 0 Å². The van der Waals surface area contributed by atoms with Gasteiger partial charge in [-0.2, -0.15) is 11.5 Å². The first kappa shape index (κ1) is 12.5. The quantitative estimate of drug-likeness (QED) is 0.599. The molecule has 4 rings (SSSR count). The van der Waals surface area contributed by atoms with E-state index in [2.05, 4.69) is 59.4 Å². The number of hydrogen-bond acceptors (Lipinski definition) is 1. The molecule has 1 aliphatic rings. The molecule has 1 heterocycles. The predicted octanol–water partition coefficient (Wildman–Crippen LogP) is 4.44. The van der Waals surface area contributed by atoms with Gasteiger partial charge < -0.3 is 4.81 Å². The van der Waals surface area contributed by atoms with Crippen molar-refractivity contribution in [2.45, 2.75) is 0 Å². The lowest BCUT2D eigenvalue weighted by atomic mass is 9.69. The Kier molecular flexibility index (Phi) is 2.97. The van der Waals surface area contributed by atoms with Gasteiger partial charge >= 0.3 is 6.26 Å². The molecular weight excluding hydrogens is 276 g/mol. The number of halogens is 1. The van der Waals surface area contributed by atoms with Crippen LogP contribution in [0.5, 0.6) is 0 Å². The van der Waals surface area contributed by atoms with E-state index in [1.54, 1.807) is 0 Å². The van der Waals surface area contributed by atoms with E-state index in [4.69, 9.17) is 11.5 Å². The minimum atomic E-state index is -0.196. The Morgan fingerprint density at radius 2 is 1.29 bits per heavy atom. The standard InChI is InChI=1S/C18H13BClN/c20-19-17-12-6-4-10-15(17)16-11-5-7-13-18(16)21(19)14-8-2-1-3-9-14/h1-13H. The molecule has 100 valence electrons. The normalized spacial score (nSPS) is 12.8. The zero-order chi connectivity index (χ0) is 14.2. The second-order valence-corrected chi connectivity index (χ2v) is 5.56. The maximum atomic E-state index is 6.80. The summed E-state index contributed by atoms with van der Waals surface area (Å²) in [6.45, 7) is 0. The minimum absolute atomic E-state index is 0.196. The van der Waals surface area contributed by atoms with Crippen LogP contribution >= 0.6 is 11.5 Å². The molecule has 0 amide bonds. The van der Waals surface area contributed by atoms with Gasteiger partial charge in [-0.3, -0.25) is 0 Å². The predicted molar refractivity (Wildman–Crippen MR) is 91.7 cm³/mol. The Balaban J connectivity index is 1.99. The van der Waals surface area contributed by atoms with E-state index in [1.165, 1.54) is 11.1 Å². The summed E-state index contributed by atoms with van der Waals surface area (Å²) in [5, 5.41) is 0. The van der Waals surface area contributed by atoms with E-state index in [0.717, 1.165) is 16.8 Å². The molecule has 3 heteroatoms. The Morgan fingerprint density at radius 3 is 2.10 bits per heavy atom. The fraction of sp³-hybridized carbons (Fsp3) is 0. The van der Waals surface area contributed by atoms with E-state index in [1.807, 2.05) is 24.3 Å². The summed E-state index contributed by atoms with van der Waals surface area (Å²) in [7, 11) is 0. The molecule has 0 unspecified atom stereocenters. The van der Waals surface area contributed by atoms with Crippen molar-refractivity contribution in [2.24, 2.45) is 0 Å². The molecule has 1 aliphatic heterocycles. The highest BCUT2D eigenvalue weighted by molar-refractivity contribution is 7.17. The van der Waals surface area contributed by atoms with Crippen molar-refractivity contribution in [3.8, 4) is 11.1 Å². The molecule has 3 aromatic carbocycles. The highest BCUT2D eigenvalue weighted by atomic mass is 35.5. The second-order valence-electron chi connectivity index (χ2n) is 5.15. The zero-order valence-corrected chi connectivity index (χ0v) is 12.2. The topological polar surface area (TPSA) is 3.24 Å². The molecule has 0 saturated heterocycles. The van der Waals surface area contributed by atoms with Crippen molar-refractivity contribution >= 4 is 34.6 Å². The number of rotatable bonds is 1.